The van der Waals surface area contributed by atoms with Crippen molar-refractivity contribution >= 4 is 34.7 Å². The average molecular weight is 354 g/mol. The molecule has 2 amide bonds. The van der Waals surface area contributed by atoms with Crippen molar-refractivity contribution in [3.05, 3.63) is 65.1 Å². The van der Waals surface area contributed by atoms with Crippen LogP contribution in [-0.2, 0) is 4.79 Å². The van der Waals surface area contributed by atoms with Gasteiger partial charge in [0.25, 0.3) is 11.1 Å². The Kier molecular flexibility index (Phi) is 5.40. The van der Waals surface area contributed by atoms with Gasteiger partial charge in [0.2, 0.25) is 0 Å². The van der Waals surface area contributed by atoms with Crippen LogP contribution in [0.25, 0.3) is 6.08 Å². The zero-order valence-electron chi connectivity index (χ0n) is 13.8. The summed E-state index contributed by atoms with van der Waals surface area (Å²) in [6, 6.07) is 16.9. The van der Waals surface area contributed by atoms with Crippen molar-refractivity contribution < 1.29 is 14.3 Å². The lowest BCUT2D eigenvalue weighted by atomic mass is 10.2. The molecule has 3 rings (SSSR count). The predicted octanol–water partition coefficient (Wildman–Crippen LogP) is 4.19. The minimum atomic E-state index is -0.285. The van der Waals surface area contributed by atoms with E-state index in [9.17, 15) is 9.59 Å². The third kappa shape index (κ3) is 4.22. The topological polar surface area (TPSA) is 58.6 Å². The summed E-state index contributed by atoms with van der Waals surface area (Å²) in [4.78, 5) is 26.2. The van der Waals surface area contributed by atoms with E-state index in [4.69, 9.17) is 4.74 Å². The first-order chi connectivity index (χ1) is 12.2. The number of hydrogen-bond donors (Lipinski definition) is 1. The Morgan fingerprint density at radius 1 is 1.08 bits per heavy atom. The third-order valence-corrected chi connectivity index (χ3v) is 4.48. The lowest BCUT2D eigenvalue weighted by molar-refractivity contribution is -0.122. The zero-order valence-corrected chi connectivity index (χ0v) is 14.6. The van der Waals surface area contributed by atoms with Crippen molar-refractivity contribution in [1.29, 1.82) is 0 Å². The second-order valence-electron chi connectivity index (χ2n) is 5.31. The second kappa shape index (κ2) is 7.90. The summed E-state index contributed by atoms with van der Waals surface area (Å²) in [6.07, 6.45) is 1.73. The number of hydrogen-bond acceptors (Lipinski definition) is 5. The molecular weight excluding hydrogens is 336 g/mol. The monoisotopic (exact) mass is 354 g/mol. The van der Waals surface area contributed by atoms with E-state index >= 15 is 0 Å². The number of rotatable bonds is 6. The van der Waals surface area contributed by atoms with E-state index in [1.54, 1.807) is 6.08 Å². The van der Waals surface area contributed by atoms with E-state index in [0.717, 1.165) is 28.8 Å². The summed E-state index contributed by atoms with van der Waals surface area (Å²) in [6.45, 7) is 2.68. The van der Waals surface area contributed by atoms with Crippen LogP contribution >= 0.6 is 11.8 Å². The number of imide groups is 1. The van der Waals surface area contributed by atoms with E-state index < -0.39 is 0 Å². The quantitative estimate of drug-likeness (QED) is 0.788. The molecule has 1 aliphatic rings. The highest BCUT2D eigenvalue weighted by Gasteiger charge is 2.34. The lowest BCUT2D eigenvalue weighted by Crippen LogP contribution is -2.33. The molecule has 1 aliphatic heterocycles. The van der Waals surface area contributed by atoms with Crippen LogP contribution in [0.15, 0.2) is 59.5 Å². The van der Waals surface area contributed by atoms with Gasteiger partial charge >= 0.3 is 0 Å². The summed E-state index contributed by atoms with van der Waals surface area (Å²) in [5.74, 6) is 0.493. The number of benzene rings is 2. The van der Waals surface area contributed by atoms with Crippen LogP contribution in [-0.4, -0.2) is 29.3 Å². The fraction of sp³-hybridized carbons (Fsp3) is 0.158. The van der Waals surface area contributed by atoms with Gasteiger partial charge in [0.1, 0.15) is 5.75 Å². The first-order valence-electron chi connectivity index (χ1n) is 7.94. The molecule has 1 heterocycles. The maximum absolute atomic E-state index is 12.5. The highest BCUT2D eigenvalue weighted by Crippen LogP contribution is 2.32. The first-order valence-corrected chi connectivity index (χ1v) is 8.76. The molecule has 0 aliphatic carbocycles. The molecule has 0 bridgehead atoms. The summed E-state index contributed by atoms with van der Waals surface area (Å²) >= 11 is 0.954. The SMILES string of the molecule is CCOc1ccc(/C=C2/SC(=O)N(CNc3ccccc3)C2=O)cc1. The van der Waals surface area contributed by atoms with Crippen LogP contribution in [0.4, 0.5) is 10.5 Å². The number of nitrogens with zero attached hydrogens (tertiary/aromatic N) is 1. The first kappa shape index (κ1) is 17.1. The zero-order chi connectivity index (χ0) is 17.6. The number of carbonyl (C=O) groups is 2. The third-order valence-electron chi connectivity index (χ3n) is 3.58. The van der Waals surface area contributed by atoms with Gasteiger partial charge in [-0.3, -0.25) is 14.5 Å². The number of carbonyl (C=O) groups excluding carboxylic acids is 2. The Morgan fingerprint density at radius 3 is 2.48 bits per heavy atom. The van der Waals surface area contributed by atoms with Gasteiger partial charge in [0, 0.05) is 5.69 Å². The molecule has 1 saturated heterocycles. The molecule has 0 unspecified atom stereocenters. The Balaban J connectivity index is 1.67. The van der Waals surface area contributed by atoms with E-state index in [0.29, 0.717) is 11.5 Å². The maximum Gasteiger partial charge on any atom is 0.295 e. The average Bonchev–Trinajstić information content (AvgIpc) is 2.89. The van der Waals surface area contributed by atoms with Crippen molar-refractivity contribution in [2.24, 2.45) is 0 Å². The van der Waals surface area contributed by atoms with Crippen molar-refractivity contribution in [2.75, 3.05) is 18.6 Å². The number of thioether (sulfide) groups is 1. The number of amides is 2. The van der Waals surface area contributed by atoms with Gasteiger partial charge < -0.3 is 10.1 Å². The highest BCUT2D eigenvalue weighted by molar-refractivity contribution is 8.18. The molecule has 0 atom stereocenters. The van der Waals surface area contributed by atoms with Crippen LogP contribution in [0.1, 0.15) is 12.5 Å². The molecule has 0 spiro atoms. The van der Waals surface area contributed by atoms with Crippen LogP contribution in [0.5, 0.6) is 5.75 Å². The van der Waals surface area contributed by atoms with Crippen LogP contribution in [0.3, 0.4) is 0 Å². The van der Waals surface area contributed by atoms with Gasteiger partial charge in [-0.25, -0.2) is 0 Å². The number of anilines is 1. The minimum absolute atomic E-state index is 0.148. The maximum atomic E-state index is 12.5. The van der Waals surface area contributed by atoms with Crippen LogP contribution < -0.4 is 10.1 Å². The number of nitrogens with one attached hydrogen (secondary N) is 1. The Morgan fingerprint density at radius 2 is 1.80 bits per heavy atom. The van der Waals surface area contributed by atoms with E-state index in [1.807, 2.05) is 61.5 Å². The van der Waals surface area contributed by atoms with Crippen LogP contribution in [0, 0.1) is 0 Å². The Hall–Kier alpha value is -2.73. The normalized spacial score (nSPS) is 15.7. The number of para-hydroxylation sites is 1. The molecule has 1 fully saturated rings. The Labute approximate surface area is 150 Å². The molecule has 5 nitrogen and oxygen atoms in total. The second-order valence-corrected chi connectivity index (χ2v) is 6.31. The van der Waals surface area contributed by atoms with Crippen molar-refractivity contribution in [1.82, 2.24) is 4.90 Å². The largest absolute Gasteiger partial charge is 0.494 e. The molecule has 1 N–H and O–H groups in total. The molecule has 6 heteroatoms. The Bertz CT molecular complexity index is 788. The van der Waals surface area contributed by atoms with Gasteiger partial charge in [-0.15, -0.1) is 0 Å². The van der Waals surface area contributed by atoms with Gasteiger partial charge in [0.05, 0.1) is 18.2 Å². The molecule has 2 aromatic carbocycles. The summed E-state index contributed by atoms with van der Waals surface area (Å²) in [7, 11) is 0. The lowest BCUT2D eigenvalue weighted by Gasteiger charge is -2.14. The van der Waals surface area contributed by atoms with Crippen LogP contribution in [0.2, 0.25) is 0 Å². The molecule has 128 valence electrons. The van der Waals surface area contributed by atoms with Gasteiger partial charge in [-0.2, -0.15) is 0 Å². The molecule has 0 radical (unpaired) electrons. The van der Waals surface area contributed by atoms with E-state index in [-0.39, 0.29) is 17.8 Å². The molecule has 0 saturated carbocycles. The standard InChI is InChI=1S/C19H18N2O3S/c1-2-24-16-10-8-14(9-11-16)12-17-18(22)21(19(23)25-17)13-20-15-6-4-3-5-7-15/h3-12,20H,2,13H2,1H3/b17-12+. The van der Waals surface area contributed by atoms with E-state index in [1.165, 1.54) is 4.90 Å². The summed E-state index contributed by atoms with van der Waals surface area (Å²) in [5.41, 5.74) is 1.71. The molecular formula is C19H18N2O3S. The summed E-state index contributed by atoms with van der Waals surface area (Å²) < 4.78 is 5.40. The minimum Gasteiger partial charge on any atom is -0.494 e. The van der Waals surface area contributed by atoms with Crippen molar-refractivity contribution in [3.63, 3.8) is 0 Å². The predicted molar refractivity (Wildman–Crippen MR) is 100 cm³/mol. The molecule has 0 aromatic heterocycles. The van der Waals surface area contributed by atoms with Gasteiger partial charge in [0.15, 0.2) is 0 Å². The number of ether oxygens (including phenoxy) is 1. The fourth-order valence-electron chi connectivity index (χ4n) is 2.34. The molecule has 2 aromatic rings. The molecule has 25 heavy (non-hydrogen) atoms. The van der Waals surface area contributed by atoms with Crippen molar-refractivity contribution in [2.45, 2.75) is 6.92 Å². The highest BCUT2D eigenvalue weighted by atomic mass is 32.2. The fourth-order valence-corrected chi connectivity index (χ4v) is 3.18. The van der Waals surface area contributed by atoms with Crippen molar-refractivity contribution in [3.8, 4) is 5.75 Å². The smallest absolute Gasteiger partial charge is 0.295 e. The van der Waals surface area contributed by atoms with Gasteiger partial charge in [-0.05, 0) is 54.6 Å². The van der Waals surface area contributed by atoms with Gasteiger partial charge in [-0.1, -0.05) is 30.3 Å². The summed E-state index contributed by atoms with van der Waals surface area (Å²) in [5, 5.41) is 2.81. The van der Waals surface area contributed by atoms with E-state index in [2.05, 4.69) is 5.32 Å².